The highest BCUT2D eigenvalue weighted by Gasteiger charge is 2.17. The Kier molecular flexibility index (Phi) is 9.18. The van der Waals surface area contributed by atoms with Crippen LogP contribution in [0.15, 0.2) is 30.9 Å². The summed E-state index contributed by atoms with van der Waals surface area (Å²) in [5, 5.41) is 0.671. The van der Waals surface area contributed by atoms with E-state index in [1.165, 1.54) is 6.08 Å². The van der Waals surface area contributed by atoms with Crippen LogP contribution < -0.4 is 0 Å². The molecule has 6 heteroatoms. The lowest BCUT2D eigenvalue weighted by Gasteiger charge is -2.32. The Morgan fingerprint density at radius 2 is 1.90 bits per heavy atom. The van der Waals surface area contributed by atoms with Crippen LogP contribution in [0.4, 0.5) is 0 Å². The van der Waals surface area contributed by atoms with Crippen molar-refractivity contribution in [1.82, 2.24) is 9.80 Å². The quantitative estimate of drug-likeness (QED) is 0.614. The first-order chi connectivity index (χ1) is 9.10. The number of carbonyl (C=O) groups excluding carboxylic acids is 1. The molecule has 0 amide bonds. The van der Waals surface area contributed by atoms with Crippen LogP contribution in [-0.2, 0) is 6.54 Å². The molecule has 1 saturated heterocycles. The summed E-state index contributed by atoms with van der Waals surface area (Å²) >= 11 is 6.04. The summed E-state index contributed by atoms with van der Waals surface area (Å²) in [6, 6.07) is 5.43. The van der Waals surface area contributed by atoms with E-state index in [0.29, 0.717) is 10.6 Å². The van der Waals surface area contributed by atoms with Gasteiger partial charge in [-0.2, -0.15) is 0 Å². The summed E-state index contributed by atoms with van der Waals surface area (Å²) in [6.07, 6.45) is 1.36. The first kappa shape index (κ1) is 20.4. The van der Waals surface area contributed by atoms with Crippen molar-refractivity contribution in [2.75, 3.05) is 33.2 Å². The molecular formula is C15H21Cl3N2O. The van der Waals surface area contributed by atoms with Crippen molar-refractivity contribution < 1.29 is 4.79 Å². The zero-order valence-electron chi connectivity index (χ0n) is 12.0. The van der Waals surface area contributed by atoms with E-state index in [1.54, 1.807) is 12.1 Å². The van der Waals surface area contributed by atoms with Gasteiger partial charge in [-0.1, -0.05) is 18.2 Å². The van der Waals surface area contributed by atoms with Crippen molar-refractivity contribution in [3.63, 3.8) is 0 Å². The highest BCUT2D eigenvalue weighted by atomic mass is 35.5. The van der Waals surface area contributed by atoms with Gasteiger partial charge >= 0.3 is 0 Å². The molecule has 1 heterocycles. The van der Waals surface area contributed by atoms with Crippen LogP contribution in [0.3, 0.4) is 0 Å². The topological polar surface area (TPSA) is 23.6 Å². The predicted octanol–water partition coefficient (Wildman–Crippen LogP) is 3.30. The maximum Gasteiger partial charge on any atom is 0.185 e. The van der Waals surface area contributed by atoms with Gasteiger partial charge < -0.3 is 4.90 Å². The molecule has 118 valence electrons. The average molecular weight is 352 g/mol. The zero-order chi connectivity index (χ0) is 13.8. The van der Waals surface area contributed by atoms with Gasteiger partial charge in [-0.25, -0.2) is 0 Å². The van der Waals surface area contributed by atoms with Crippen LogP contribution >= 0.6 is 36.4 Å². The van der Waals surface area contributed by atoms with Gasteiger partial charge in [0.15, 0.2) is 5.78 Å². The lowest BCUT2D eigenvalue weighted by atomic mass is 10.0. The molecule has 1 aromatic rings. The number of halogens is 3. The average Bonchev–Trinajstić information content (AvgIpc) is 2.41. The van der Waals surface area contributed by atoms with Crippen molar-refractivity contribution in [3.05, 3.63) is 47.0 Å². The van der Waals surface area contributed by atoms with Crippen LogP contribution in [0.5, 0.6) is 0 Å². The van der Waals surface area contributed by atoms with Crippen molar-refractivity contribution in [2.24, 2.45) is 0 Å². The standard InChI is InChI=1S/C15H19ClN2O.2ClH/c1-3-15(19)14-5-4-13(16)10-12(14)11-18-8-6-17(2)7-9-18;;/h3-5,10H,1,6-9,11H2,2H3;2*1H. The molecule has 3 nitrogen and oxygen atoms in total. The molecule has 21 heavy (non-hydrogen) atoms. The first-order valence-electron chi connectivity index (χ1n) is 6.46. The smallest absolute Gasteiger partial charge is 0.185 e. The highest BCUT2D eigenvalue weighted by molar-refractivity contribution is 6.30. The predicted molar refractivity (Wildman–Crippen MR) is 93.2 cm³/mol. The van der Waals surface area contributed by atoms with Gasteiger partial charge in [0.2, 0.25) is 0 Å². The second-order valence-corrected chi connectivity index (χ2v) is 5.39. The maximum atomic E-state index is 11.9. The molecule has 1 aliphatic heterocycles. The number of carbonyl (C=O) groups is 1. The monoisotopic (exact) mass is 350 g/mol. The van der Waals surface area contributed by atoms with Gasteiger partial charge in [-0.3, -0.25) is 9.69 Å². The minimum absolute atomic E-state index is 0. The molecule has 0 bridgehead atoms. The fourth-order valence-electron chi connectivity index (χ4n) is 2.29. The molecule has 0 atom stereocenters. The minimum atomic E-state index is -0.0409. The van der Waals surface area contributed by atoms with E-state index >= 15 is 0 Å². The number of likely N-dealkylation sites (N-methyl/N-ethyl adjacent to an activating group) is 1. The van der Waals surface area contributed by atoms with Gasteiger partial charge in [-0.15, -0.1) is 24.8 Å². The Morgan fingerprint density at radius 1 is 1.29 bits per heavy atom. The van der Waals surface area contributed by atoms with Gasteiger partial charge in [0.05, 0.1) is 0 Å². The summed E-state index contributed by atoms with van der Waals surface area (Å²) in [7, 11) is 2.13. The Hall–Kier alpha value is -0.580. The van der Waals surface area contributed by atoms with Crippen molar-refractivity contribution in [2.45, 2.75) is 6.54 Å². The molecule has 0 aromatic heterocycles. The number of piperazine rings is 1. The van der Waals surface area contributed by atoms with Gasteiger partial charge in [0.1, 0.15) is 0 Å². The molecule has 0 radical (unpaired) electrons. The first-order valence-corrected chi connectivity index (χ1v) is 6.84. The molecule has 0 spiro atoms. The number of benzene rings is 1. The summed E-state index contributed by atoms with van der Waals surface area (Å²) in [5.41, 5.74) is 1.69. The van der Waals surface area contributed by atoms with Crippen LogP contribution in [0.1, 0.15) is 15.9 Å². The number of ketones is 1. The maximum absolute atomic E-state index is 11.9. The summed E-state index contributed by atoms with van der Waals surface area (Å²) in [6.45, 7) is 8.48. The van der Waals surface area contributed by atoms with Crippen molar-refractivity contribution in [1.29, 1.82) is 0 Å². The Labute approximate surface area is 143 Å². The molecule has 0 N–H and O–H groups in total. The van der Waals surface area contributed by atoms with Gasteiger partial charge in [0.25, 0.3) is 0 Å². The third-order valence-corrected chi connectivity index (χ3v) is 3.74. The van der Waals surface area contributed by atoms with E-state index in [2.05, 4.69) is 23.4 Å². The lowest BCUT2D eigenvalue weighted by Crippen LogP contribution is -2.44. The molecule has 0 unspecified atom stereocenters. The fraction of sp³-hybridized carbons (Fsp3) is 0.400. The van der Waals surface area contributed by atoms with Crippen molar-refractivity contribution >= 4 is 42.2 Å². The summed E-state index contributed by atoms with van der Waals surface area (Å²) < 4.78 is 0. The molecule has 0 saturated carbocycles. The number of rotatable bonds is 4. The zero-order valence-corrected chi connectivity index (χ0v) is 14.4. The van der Waals surface area contributed by atoms with Gasteiger partial charge in [0, 0.05) is 43.3 Å². The second-order valence-electron chi connectivity index (χ2n) is 4.95. The minimum Gasteiger partial charge on any atom is -0.304 e. The highest BCUT2D eigenvalue weighted by Crippen LogP contribution is 2.19. The SMILES string of the molecule is C=CC(=O)c1ccc(Cl)cc1CN1CCN(C)CC1.Cl.Cl. The number of hydrogen-bond acceptors (Lipinski definition) is 3. The number of nitrogens with zero attached hydrogens (tertiary/aromatic N) is 2. The van der Waals surface area contributed by atoms with Crippen LogP contribution in [0, 0.1) is 0 Å². The Morgan fingerprint density at radius 3 is 2.48 bits per heavy atom. The Bertz CT molecular complexity index is 486. The van der Waals surface area contributed by atoms with E-state index in [9.17, 15) is 4.79 Å². The fourth-order valence-corrected chi connectivity index (χ4v) is 2.49. The normalized spacial score (nSPS) is 15.7. The molecule has 1 aliphatic rings. The molecule has 0 aliphatic carbocycles. The molecule has 2 rings (SSSR count). The lowest BCUT2D eigenvalue weighted by molar-refractivity contribution is 0.104. The largest absolute Gasteiger partial charge is 0.304 e. The summed E-state index contributed by atoms with van der Waals surface area (Å²) in [5.74, 6) is -0.0409. The van der Waals surface area contributed by atoms with E-state index in [0.717, 1.165) is 38.3 Å². The summed E-state index contributed by atoms with van der Waals surface area (Å²) in [4.78, 5) is 16.5. The number of allylic oxidation sites excluding steroid dienone is 1. The van der Waals surface area contributed by atoms with E-state index < -0.39 is 0 Å². The molecule has 1 aromatic carbocycles. The van der Waals surface area contributed by atoms with Crippen LogP contribution in [-0.4, -0.2) is 48.8 Å². The van der Waals surface area contributed by atoms with Crippen LogP contribution in [0.2, 0.25) is 5.02 Å². The second kappa shape index (κ2) is 9.44. The molecule has 1 fully saturated rings. The van der Waals surface area contributed by atoms with E-state index in [-0.39, 0.29) is 30.6 Å². The van der Waals surface area contributed by atoms with Crippen LogP contribution in [0.25, 0.3) is 0 Å². The van der Waals surface area contributed by atoms with Gasteiger partial charge in [-0.05, 0) is 36.9 Å². The number of hydrogen-bond donors (Lipinski definition) is 0. The molecular weight excluding hydrogens is 331 g/mol. The third-order valence-electron chi connectivity index (χ3n) is 3.51. The Balaban J connectivity index is 0.00000200. The van der Waals surface area contributed by atoms with Crippen molar-refractivity contribution in [3.8, 4) is 0 Å². The van der Waals surface area contributed by atoms with E-state index in [4.69, 9.17) is 11.6 Å². The van der Waals surface area contributed by atoms with E-state index in [1.807, 2.05) is 6.07 Å². The third kappa shape index (κ3) is 5.61.